The molecule has 0 aliphatic rings. The Morgan fingerprint density at radius 2 is 2.03 bits per heavy atom. The number of hydrogen-bond donors (Lipinski definition) is 3. The fourth-order valence-electron chi connectivity index (χ4n) is 2.41. The Balaban J connectivity index is 0.00000450. The first kappa shape index (κ1) is 25.8. The zero-order valence-corrected chi connectivity index (χ0v) is 19.5. The normalized spacial score (nSPS) is 10.9. The summed E-state index contributed by atoms with van der Waals surface area (Å²) >= 11 is 5.93. The van der Waals surface area contributed by atoms with E-state index in [4.69, 9.17) is 11.6 Å². The van der Waals surface area contributed by atoms with E-state index in [1.165, 1.54) is 18.2 Å². The highest BCUT2D eigenvalue weighted by atomic mass is 127. The molecule has 0 radical (unpaired) electrons. The van der Waals surface area contributed by atoms with Gasteiger partial charge in [0.2, 0.25) is 5.91 Å². The van der Waals surface area contributed by atoms with Gasteiger partial charge in [0, 0.05) is 42.8 Å². The van der Waals surface area contributed by atoms with Crippen LogP contribution in [0.25, 0.3) is 0 Å². The van der Waals surface area contributed by atoms with Crippen molar-refractivity contribution in [3.63, 3.8) is 0 Å². The van der Waals surface area contributed by atoms with Crippen molar-refractivity contribution >= 4 is 53.3 Å². The van der Waals surface area contributed by atoms with Gasteiger partial charge in [0.1, 0.15) is 11.6 Å². The monoisotopic (exact) mass is 553 g/mol. The lowest BCUT2D eigenvalue weighted by molar-refractivity contribution is -0.116. The van der Waals surface area contributed by atoms with Gasteiger partial charge in [-0.1, -0.05) is 17.7 Å². The zero-order chi connectivity index (χ0) is 21.2. The van der Waals surface area contributed by atoms with Gasteiger partial charge in [-0.3, -0.25) is 9.79 Å². The number of carbonyl (C=O) groups excluding carboxylic acids is 1. The van der Waals surface area contributed by atoms with Gasteiger partial charge < -0.3 is 20.7 Å². The number of nitrogens with zero attached hydrogens (tertiary/aromatic N) is 2. The Bertz CT molecular complexity index is 871. The first-order valence-corrected chi connectivity index (χ1v) is 9.16. The van der Waals surface area contributed by atoms with Crippen LogP contribution in [0.3, 0.4) is 0 Å². The summed E-state index contributed by atoms with van der Waals surface area (Å²) in [5.41, 5.74) is 1.26. The van der Waals surface area contributed by atoms with Gasteiger partial charge in [0.15, 0.2) is 5.96 Å². The SMILES string of the molecule is CN=C(NCCC(=O)Nc1cccc(C)n1)NCc1cc(Cl)ccc1OC(F)F.I. The number of rotatable bonds is 8. The number of guanidine groups is 1. The first-order valence-electron chi connectivity index (χ1n) is 8.78. The Morgan fingerprint density at radius 3 is 2.70 bits per heavy atom. The molecule has 1 amide bonds. The maximum Gasteiger partial charge on any atom is 0.387 e. The molecule has 0 fully saturated rings. The number of aromatic nitrogens is 1. The Labute approximate surface area is 195 Å². The molecular weight excluding hydrogens is 531 g/mol. The summed E-state index contributed by atoms with van der Waals surface area (Å²) in [6.45, 7) is -0.631. The fourth-order valence-corrected chi connectivity index (χ4v) is 2.60. The van der Waals surface area contributed by atoms with Crippen molar-refractivity contribution in [1.29, 1.82) is 0 Å². The van der Waals surface area contributed by atoms with Crippen molar-refractivity contribution in [2.45, 2.75) is 26.5 Å². The third kappa shape index (κ3) is 9.08. The van der Waals surface area contributed by atoms with Gasteiger partial charge >= 0.3 is 6.61 Å². The van der Waals surface area contributed by atoms with Crippen LogP contribution in [0.15, 0.2) is 41.4 Å². The maximum atomic E-state index is 12.5. The largest absolute Gasteiger partial charge is 0.434 e. The summed E-state index contributed by atoms with van der Waals surface area (Å²) < 4.78 is 29.6. The summed E-state index contributed by atoms with van der Waals surface area (Å²) in [6.07, 6.45) is 0.188. The van der Waals surface area contributed by atoms with Crippen LogP contribution in [0, 0.1) is 6.92 Å². The van der Waals surface area contributed by atoms with Crippen LogP contribution in [0.1, 0.15) is 17.7 Å². The molecule has 0 aliphatic heterocycles. The standard InChI is InChI=1S/C19H22ClF2N5O2.HI/c1-12-4-3-5-16(26-12)27-17(28)8-9-24-19(23-2)25-11-13-10-14(20)6-7-15(13)29-18(21)22;/h3-7,10,18H,8-9,11H2,1-2H3,(H2,23,24,25)(H,26,27,28);1H. The zero-order valence-electron chi connectivity index (χ0n) is 16.4. The summed E-state index contributed by atoms with van der Waals surface area (Å²) in [6, 6.07) is 9.74. The van der Waals surface area contributed by atoms with E-state index in [2.05, 4.69) is 30.7 Å². The number of aliphatic imine (C=N–C) groups is 1. The molecule has 0 saturated carbocycles. The van der Waals surface area contributed by atoms with Crippen LogP contribution in [-0.4, -0.2) is 37.1 Å². The van der Waals surface area contributed by atoms with Gasteiger partial charge in [-0.2, -0.15) is 8.78 Å². The van der Waals surface area contributed by atoms with E-state index >= 15 is 0 Å². The van der Waals surface area contributed by atoms with Crippen molar-refractivity contribution < 1.29 is 18.3 Å². The Hall–Kier alpha value is -2.21. The van der Waals surface area contributed by atoms with Crippen molar-refractivity contribution in [1.82, 2.24) is 15.6 Å². The summed E-state index contributed by atoms with van der Waals surface area (Å²) in [7, 11) is 1.56. The minimum Gasteiger partial charge on any atom is -0.434 e. The molecule has 1 heterocycles. The molecule has 3 N–H and O–H groups in total. The van der Waals surface area contributed by atoms with Crippen molar-refractivity contribution in [3.05, 3.63) is 52.7 Å². The molecular formula is C19H23ClF2IN5O2. The number of aryl methyl sites for hydroxylation is 1. The molecule has 2 rings (SSSR count). The van der Waals surface area contributed by atoms with Crippen molar-refractivity contribution in [2.24, 2.45) is 4.99 Å². The van der Waals surface area contributed by atoms with Crippen molar-refractivity contribution in [3.8, 4) is 5.75 Å². The summed E-state index contributed by atoms with van der Waals surface area (Å²) in [4.78, 5) is 20.2. The minimum absolute atomic E-state index is 0. The van der Waals surface area contributed by atoms with Crippen LogP contribution in [0.2, 0.25) is 5.02 Å². The van der Waals surface area contributed by atoms with Gasteiger partial charge in [-0.25, -0.2) is 4.98 Å². The first-order chi connectivity index (χ1) is 13.9. The highest BCUT2D eigenvalue weighted by Gasteiger charge is 2.11. The molecule has 2 aromatic rings. The van der Waals surface area contributed by atoms with Crippen molar-refractivity contribution in [2.75, 3.05) is 18.9 Å². The molecule has 0 saturated heterocycles. The highest BCUT2D eigenvalue weighted by Crippen LogP contribution is 2.24. The molecule has 0 aliphatic carbocycles. The van der Waals surface area contributed by atoms with E-state index in [-0.39, 0.29) is 48.6 Å². The van der Waals surface area contributed by atoms with Gasteiger partial charge in [-0.15, -0.1) is 24.0 Å². The number of amides is 1. The fraction of sp³-hybridized carbons (Fsp3) is 0.316. The maximum absolute atomic E-state index is 12.5. The number of benzene rings is 1. The predicted molar refractivity (Wildman–Crippen MR) is 124 cm³/mol. The topological polar surface area (TPSA) is 87.6 Å². The molecule has 0 unspecified atom stereocenters. The number of carbonyl (C=O) groups is 1. The van der Waals surface area contributed by atoms with E-state index in [0.29, 0.717) is 28.9 Å². The Kier molecular flexibility index (Phi) is 11.3. The second-order valence-electron chi connectivity index (χ2n) is 5.95. The third-order valence-electron chi connectivity index (χ3n) is 3.71. The average Bonchev–Trinajstić information content (AvgIpc) is 2.66. The Morgan fingerprint density at radius 1 is 1.27 bits per heavy atom. The van der Waals surface area contributed by atoms with E-state index in [0.717, 1.165) is 5.69 Å². The molecule has 7 nitrogen and oxygen atoms in total. The number of pyridine rings is 1. The van der Waals surface area contributed by atoms with Crippen LogP contribution in [0.5, 0.6) is 5.75 Å². The summed E-state index contributed by atoms with van der Waals surface area (Å²) in [5.74, 6) is 0.713. The predicted octanol–water partition coefficient (Wildman–Crippen LogP) is 3.96. The van der Waals surface area contributed by atoms with E-state index in [1.54, 1.807) is 13.1 Å². The van der Waals surface area contributed by atoms with Crippen LogP contribution in [-0.2, 0) is 11.3 Å². The van der Waals surface area contributed by atoms with Crippen LogP contribution in [0.4, 0.5) is 14.6 Å². The van der Waals surface area contributed by atoms with E-state index < -0.39 is 6.61 Å². The lowest BCUT2D eigenvalue weighted by Crippen LogP contribution is -2.38. The number of halogens is 4. The molecule has 0 spiro atoms. The van der Waals surface area contributed by atoms with E-state index in [9.17, 15) is 13.6 Å². The number of alkyl halides is 2. The molecule has 1 aromatic carbocycles. The lowest BCUT2D eigenvalue weighted by Gasteiger charge is -2.15. The average molecular weight is 554 g/mol. The number of anilines is 1. The summed E-state index contributed by atoms with van der Waals surface area (Å²) in [5, 5.41) is 9.05. The minimum atomic E-state index is -2.94. The molecule has 11 heteroatoms. The number of ether oxygens (including phenoxy) is 1. The molecule has 0 bridgehead atoms. The second kappa shape index (κ2) is 13.2. The third-order valence-corrected chi connectivity index (χ3v) is 3.94. The highest BCUT2D eigenvalue weighted by molar-refractivity contribution is 14.0. The van der Waals surface area contributed by atoms with Gasteiger partial charge in [-0.05, 0) is 37.3 Å². The van der Waals surface area contributed by atoms with E-state index in [1.807, 2.05) is 19.1 Å². The number of hydrogen-bond acceptors (Lipinski definition) is 4. The van der Waals surface area contributed by atoms with Gasteiger partial charge in [0.25, 0.3) is 0 Å². The molecule has 0 atom stereocenters. The second-order valence-corrected chi connectivity index (χ2v) is 6.38. The van der Waals surface area contributed by atoms with Gasteiger partial charge in [0.05, 0.1) is 0 Å². The lowest BCUT2D eigenvalue weighted by atomic mass is 10.2. The molecule has 164 valence electrons. The number of nitrogens with one attached hydrogen (secondary N) is 3. The van der Waals surface area contributed by atoms with Crippen LogP contribution < -0.4 is 20.7 Å². The van der Waals surface area contributed by atoms with Crippen LogP contribution >= 0.6 is 35.6 Å². The quantitative estimate of drug-likeness (QED) is 0.262. The molecule has 1 aromatic heterocycles. The smallest absolute Gasteiger partial charge is 0.387 e. The molecule has 30 heavy (non-hydrogen) atoms.